The van der Waals surface area contributed by atoms with Crippen LogP contribution in [0.2, 0.25) is 0 Å². The largest absolute Gasteiger partial charge is 0.497 e. The molecule has 0 fully saturated rings. The highest BCUT2D eigenvalue weighted by Crippen LogP contribution is 2.37. The summed E-state index contributed by atoms with van der Waals surface area (Å²) < 4.78 is 5.29. The molecule has 41 heavy (non-hydrogen) atoms. The van der Waals surface area contributed by atoms with Crippen molar-refractivity contribution in [3.8, 4) is 5.75 Å². The van der Waals surface area contributed by atoms with E-state index in [2.05, 4.69) is 4.98 Å². The van der Waals surface area contributed by atoms with Crippen molar-refractivity contribution in [2.75, 3.05) is 33.8 Å². The molecule has 3 aromatic carbocycles. The smallest absolute Gasteiger partial charge is 0.335 e. The number of ether oxygens (including phenoxy) is 1. The number of methoxy groups -OCH3 is 1. The molecule has 2 N–H and O–H groups in total. The number of para-hydroxylation sites is 2. The number of hydrogen-bond acceptors (Lipinski definition) is 7. The first-order valence-corrected chi connectivity index (χ1v) is 14.7. The number of amides is 3. The Morgan fingerprint density at radius 1 is 1.02 bits per heavy atom. The van der Waals surface area contributed by atoms with Gasteiger partial charge < -0.3 is 10.5 Å². The average molecular weight is 569 g/mol. The molecule has 0 saturated heterocycles. The number of nitrogens with zero attached hydrogens (tertiary/aromatic N) is 5. The minimum atomic E-state index is -0.723. The topological polar surface area (TPSA) is 105 Å². The first-order valence-electron chi connectivity index (χ1n) is 13.3. The minimum absolute atomic E-state index is 0.159. The van der Waals surface area contributed by atoms with Crippen LogP contribution >= 0.6 is 11.8 Å². The van der Waals surface area contributed by atoms with Gasteiger partial charge in [0, 0.05) is 17.4 Å². The number of hydrogen-bond donors (Lipinski definition) is 1. The van der Waals surface area contributed by atoms with Gasteiger partial charge in [-0.15, -0.1) is 0 Å². The molecule has 4 aromatic rings. The van der Waals surface area contributed by atoms with E-state index in [1.54, 1.807) is 34.9 Å². The van der Waals surface area contributed by atoms with Crippen molar-refractivity contribution in [2.45, 2.75) is 25.4 Å². The summed E-state index contributed by atoms with van der Waals surface area (Å²) in [6, 6.07) is 24.8. The Labute approximate surface area is 243 Å². The average Bonchev–Trinajstić information content (AvgIpc) is 3.02. The highest BCUT2D eigenvalue weighted by Gasteiger charge is 2.36. The molecule has 0 saturated carbocycles. The SMILES string of the molecule is COc1ccc(N2Cc3cnc(N(C(=O)[C@H](N)CCCSC)c4ccccc4)nc3N(c3ccccc3)C2=O)cc1. The second kappa shape index (κ2) is 12.8. The molecule has 1 aliphatic rings. The molecule has 0 spiro atoms. The lowest BCUT2D eigenvalue weighted by Gasteiger charge is -2.36. The number of carbonyl (C=O) groups excluding carboxylic acids is 2. The maximum atomic E-state index is 14.0. The molecule has 0 bridgehead atoms. The molecule has 210 valence electrons. The summed E-state index contributed by atoms with van der Waals surface area (Å²) >= 11 is 1.72. The molecular weight excluding hydrogens is 536 g/mol. The van der Waals surface area contributed by atoms with Gasteiger partial charge in [0.25, 0.3) is 5.91 Å². The van der Waals surface area contributed by atoms with Crippen LogP contribution in [0.15, 0.2) is 91.1 Å². The normalized spacial score (nSPS) is 13.5. The van der Waals surface area contributed by atoms with E-state index < -0.39 is 6.04 Å². The molecule has 5 rings (SSSR count). The Hall–Kier alpha value is -4.41. The van der Waals surface area contributed by atoms with Crippen molar-refractivity contribution in [3.63, 3.8) is 0 Å². The monoisotopic (exact) mass is 568 g/mol. The first kappa shape index (κ1) is 28.1. The van der Waals surface area contributed by atoms with E-state index in [1.165, 1.54) is 4.90 Å². The van der Waals surface area contributed by atoms with E-state index in [1.807, 2.05) is 91.2 Å². The third-order valence-corrected chi connectivity index (χ3v) is 7.50. The number of fused-ring (bicyclic) bond motifs is 1. The molecular formula is C31H32N6O3S. The Morgan fingerprint density at radius 2 is 1.71 bits per heavy atom. The molecule has 9 nitrogen and oxygen atoms in total. The van der Waals surface area contributed by atoms with Gasteiger partial charge in [-0.25, -0.2) is 19.6 Å². The number of nitrogens with two attached hydrogens (primary N) is 1. The summed E-state index contributed by atoms with van der Waals surface area (Å²) in [5.74, 6) is 1.89. The van der Waals surface area contributed by atoms with Crippen LogP contribution in [-0.4, -0.2) is 47.1 Å². The van der Waals surface area contributed by atoms with Crippen molar-refractivity contribution in [1.29, 1.82) is 0 Å². The fourth-order valence-corrected chi connectivity index (χ4v) is 5.14. The number of rotatable bonds is 10. The third kappa shape index (κ3) is 6.03. The van der Waals surface area contributed by atoms with Crippen molar-refractivity contribution < 1.29 is 14.3 Å². The summed E-state index contributed by atoms with van der Waals surface area (Å²) in [6.45, 7) is 0.261. The number of carbonyl (C=O) groups is 2. The van der Waals surface area contributed by atoms with E-state index in [0.717, 1.165) is 17.7 Å². The summed E-state index contributed by atoms with van der Waals surface area (Å²) in [7, 11) is 1.60. The molecule has 10 heteroatoms. The first-order chi connectivity index (χ1) is 20.0. The Morgan fingerprint density at radius 3 is 2.37 bits per heavy atom. The second-order valence-electron chi connectivity index (χ2n) is 9.51. The maximum absolute atomic E-state index is 14.0. The minimum Gasteiger partial charge on any atom is -0.497 e. The Bertz CT molecular complexity index is 1490. The maximum Gasteiger partial charge on any atom is 0.335 e. The number of aromatic nitrogens is 2. The zero-order valence-electron chi connectivity index (χ0n) is 23.0. The zero-order valence-corrected chi connectivity index (χ0v) is 23.8. The van der Waals surface area contributed by atoms with Crippen LogP contribution in [0.3, 0.4) is 0 Å². The van der Waals surface area contributed by atoms with Crippen LogP contribution < -0.4 is 25.2 Å². The highest BCUT2D eigenvalue weighted by molar-refractivity contribution is 7.98. The van der Waals surface area contributed by atoms with E-state index in [0.29, 0.717) is 35.1 Å². The van der Waals surface area contributed by atoms with E-state index in [-0.39, 0.29) is 24.4 Å². The van der Waals surface area contributed by atoms with Crippen LogP contribution in [0.1, 0.15) is 18.4 Å². The number of benzene rings is 3. The molecule has 1 atom stereocenters. The molecule has 1 aliphatic heterocycles. The molecule has 3 amide bonds. The summed E-state index contributed by atoms with van der Waals surface area (Å²) in [4.78, 5) is 41.9. The summed E-state index contributed by atoms with van der Waals surface area (Å²) in [5.41, 5.74) is 9.07. The van der Waals surface area contributed by atoms with Gasteiger partial charge >= 0.3 is 6.03 Å². The van der Waals surface area contributed by atoms with Crippen molar-refractivity contribution in [2.24, 2.45) is 5.73 Å². The van der Waals surface area contributed by atoms with Crippen LogP contribution in [-0.2, 0) is 11.3 Å². The van der Waals surface area contributed by atoms with Crippen LogP contribution in [0.25, 0.3) is 0 Å². The molecule has 2 heterocycles. The van der Waals surface area contributed by atoms with E-state index >= 15 is 0 Å². The van der Waals surface area contributed by atoms with Crippen molar-refractivity contribution in [1.82, 2.24) is 9.97 Å². The number of urea groups is 1. The highest BCUT2D eigenvalue weighted by atomic mass is 32.2. The fourth-order valence-electron chi connectivity index (χ4n) is 4.68. The second-order valence-corrected chi connectivity index (χ2v) is 10.5. The third-order valence-electron chi connectivity index (χ3n) is 6.81. The Kier molecular flexibility index (Phi) is 8.81. The van der Waals surface area contributed by atoms with Gasteiger partial charge in [-0.1, -0.05) is 36.4 Å². The van der Waals surface area contributed by atoms with Gasteiger partial charge in [-0.2, -0.15) is 16.7 Å². The van der Waals surface area contributed by atoms with Crippen molar-refractivity contribution >= 4 is 52.5 Å². The van der Waals surface area contributed by atoms with Gasteiger partial charge in [-0.05, 0) is 73.4 Å². The van der Waals surface area contributed by atoms with Gasteiger partial charge in [0.2, 0.25) is 5.95 Å². The number of thioether (sulfide) groups is 1. The van der Waals surface area contributed by atoms with Gasteiger partial charge in [0.15, 0.2) is 5.82 Å². The standard InChI is InChI=1S/C31H32N6O3S/c1-40-26-17-15-23(16-18-26)35-21-22-20-33-30(34-28(22)36(31(35)39)24-10-5-3-6-11-24)37(25-12-7-4-8-13-25)29(38)27(32)14-9-19-41-2/h3-8,10-13,15-18,20,27H,9,14,19,21,32H2,1-2H3/t27-/m1/s1. The van der Waals surface area contributed by atoms with Gasteiger partial charge in [-0.3, -0.25) is 9.69 Å². The molecule has 1 aromatic heterocycles. The predicted octanol–water partition coefficient (Wildman–Crippen LogP) is 5.90. The van der Waals surface area contributed by atoms with Crippen molar-refractivity contribution in [3.05, 3.63) is 96.7 Å². The lowest BCUT2D eigenvalue weighted by molar-refractivity contribution is -0.119. The predicted molar refractivity (Wildman–Crippen MR) is 164 cm³/mol. The summed E-state index contributed by atoms with van der Waals surface area (Å²) in [5, 5.41) is 0. The fraction of sp³-hybridized carbons (Fsp3) is 0.226. The number of anilines is 5. The van der Waals surface area contributed by atoms with Gasteiger partial charge in [0.1, 0.15) is 5.75 Å². The van der Waals surface area contributed by atoms with E-state index in [4.69, 9.17) is 15.5 Å². The van der Waals surface area contributed by atoms with E-state index in [9.17, 15) is 9.59 Å². The Balaban J connectivity index is 1.58. The molecule has 0 radical (unpaired) electrons. The quantitative estimate of drug-likeness (QED) is 0.238. The lowest BCUT2D eigenvalue weighted by atomic mass is 10.1. The van der Waals surface area contributed by atoms with Crippen LogP contribution in [0, 0.1) is 0 Å². The lowest BCUT2D eigenvalue weighted by Crippen LogP contribution is -2.46. The summed E-state index contributed by atoms with van der Waals surface area (Å²) in [6.07, 6.45) is 5.07. The van der Waals surface area contributed by atoms with Gasteiger partial charge in [0.05, 0.1) is 31.1 Å². The molecule has 0 aliphatic carbocycles. The van der Waals surface area contributed by atoms with Crippen LogP contribution in [0.5, 0.6) is 5.75 Å². The zero-order chi connectivity index (χ0) is 28.8. The van der Waals surface area contributed by atoms with Crippen LogP contribution in [0.4, 0.5) is 33.6 Å². The molecule has 0 unspecified atom stereocenters.